The summed E-state index contributed by atoms with van der Waals surface area (Å²) >= 11 is 0. The van der Waals surface area contributed by atoms with Crippen molar-refractivity contribution in [2.24, 2.45) is 0 Å². The molecule has 0 N–H and O–H groups in total. The van der Waals surface area contributed by atoms with Crippen LogP contribution in [-0.4, -0.2) is 4.57 Å². The SMILES string of the molecule is c1ccc(C2(c3ccccc3)c3ccccc3-c3ccc(N(c4ccc5c(c4)C4(c6ccccc6-5)c5ccccc5-n5c6ccccc6c6cccc4c65)c4ccccc4-c4ccccc4-c4cccc5ccccc45)cc32)cc1. The Balaban J connectivity index is 0.973. The molecule has 0 saturated heterocycles. The molecule has 2 aliphatic carbocycles. The lowest BCUT2D eigenvalue weighted by atomic mass is 9.65. The first-order chi connectivity index (χ1) is 39.7. The summed E-state index contributed by atoms with van der Waals surface area (Å²) in [7, 11) is 0. The third-order valence-electron chi connectivity index (χ3n) is 18.1. The Labute approximate surface area is 465 Å². The molecule has 3 aliphatic rings. The van der Waals surface area contributed by atoms with Crippen LogP contribution in [0.25, 0.3) is 82.8 Å². The number of fused-ring (bicyclic) bond motifs is 16. The molecule has 1 spiro atoms. The first kappa shape index (κ1) is 44.8. The van der Waals surface area contributed by atoms with Gasteiger partial charge in [0.15, 0.2) is 0 Å². The van der Waals surface area contributed by atoms with Crippen molar-refractivity contribution in [2.75, 3.05) is 4.90 Å². The molecular formula is C78H50N2. The quantitative estimate of drug-likeness (QED) is 0.154. The van der Waals surface area contributed by atoms with Gasteiger partial charge in [0.1, 0.15) is 0 Å². The standard InChI is InChI=1S/C78H50N2/c1-3-25-52(26-4-1)77(53-27-5-2-6-28-53)67-38-15-11-32-60(67)62-47-45-54(49-71(62)77)79(73-42-18-13-34-64(73)59-31-10-9-30-58(59)57-36-21-24-51-23-7-8-29-56(51)57)55-46-48-63-61-33-12-16-39-68(61)78(72(63)50-55)69-40-17-20-44-75(69)80-74-43-19-14-35-65(74)66-37-22-41-70(78)76(66)80/h1-50H. The van der Waals surface area contributed by atoms with Crippen molar-refractivity contribution in [3.8, 4) is 50.2 Å². The number of benzene rings is 13. The minimum atomic E-state index is -0.635. The molecule has 0 radical (unpaired) electrons. The highest BCUT2D eigenvalue weighted by atomic mass is 15.1. The Morgan fingerprint density at radius 1 is 0.263 bits per heavy atom. The minimum Gasteiger partial charge on any atom is -0.310 e. The summed E-state index contributed by atoms with van der Waals surface area (Å²) in [6.45, 7) is 0. The molecule has 0 amide bonds. The normalized spacial score (nSPS) is 14.9. The molecular weight excluding hydrogens is 965 g/mol. The third-order valence-corrected chi connectivity index (χ3v) is 18.1. The van der Waals surface area contributed by atoms with Crippen LogP contribution in [0, 0.1) is 0 Å². The van der Waals surface area contributed by atoms with Gasteiger partial charge in [0.25, 0.3) is 0 Å². The summed E-state index contributed by atoms with van der Waals surface area (Å²) in [6.07, 6.45) is 0. The molecule has 0 bridgehead atoms. The lowest BCUT2D eigenvalue weighted by molar-refractivity contribution is 0.748. The zero-order valence-electron chi connectivity index (χ0n) is 43.8. The Bertz CT molecular complexity index is 4810. The van der Waals surface area contributed by atoms with E-state index in [1.807, 2.05) is 0 Å². The Morgan fingerprint density at radius 2 is 0.713 bits per heavy atom. The van der Waals surface area contributed by atoms with Crippen molar-refractivity contribution >= 4 is 49.6 Å². The Kier molecular flexibility index (Phi) is 9.58. The number of hydrogen-bond acceptors (Lipinski definition) is 1. The van der Waals surface area contributed by atoms with E-state index in [1.54, 1.807) is 0 Å². The van der Waals surface area contributed by atoms with E-state index in [0.717, 1.165) is 22.6 Å². The number of aromatic nitrogens is 1. The highest BCUT2D eigenvalue weighted by molar-refractivity contribution is 6.13. The smallest absolute Gasteiger partial charge is 0.0755 e. The maximum Gasteiger partial charge on any atom is 0.0755 e. The Hall–Kier alpha value is -10.3. The number of nitrogens with zero attached hydrogens (tertiary/aromatic N) is 2. The van der Waals surface area contributed by atoms with Crippen LogP contribution in [0.3, 0.4) is 0 Å². The van der Waals surface area contributed by atoms with Crippen LogP contribution < -0.4 is 4.90 Å². The summed E-state index contributed by atoms with van der Waals surface area (Å²) < 4.78 is 2.54. The fourth-order valence-electron chi connectivity index (χ4n) is 15.0. The highest BCUT2D eigenvalue weighted by Gasteiger charge is 2.51. The van der Waals surface area contributed by atoms with Crippen LogP contribution in [0.2, 0.25) is 0 Å². The predicted molar refractivity (Wildman–Crippen MR) is 332 cm³/mol. The average molecular weight is 1020 g/mol. The molecule has 372 valence electrons. The summed E-state index contributed by atoms with van der Waals surface area (Å²) in [5.74, 6) is 0. The van der Waals surface area contributed by atoms with Crippen LogP contribution in [-0.2, 0) is 10.8 Å². The zero-order valence-corrected chi connectivity index (χ0v) is 43.8. The average Bonchev–Trinajstić information content (AvgIpc) is 4.26. The van der Waals surface area contributed by atoms with Gasteiger partial charge < -0.3 is 9.47 Å². The van der Waals surface area contributed by atoms with Gasteiger partial charge in [-0.1, -0.05) is 261 Å². The number of hydrogen-bond donors (Lipinski definition) is 0. The maximum absolute atomic E-state index is 2.57. The molecule has 2 heteroatoms. The fraction of sp³-hybridized carbons (Fsp3) is 0.0256. The van der Waals surface area contributed by atoms with Crippen LogP contribution in [0.5, 0.6) is 0 Å². The second kappa shape index (κ2) is 17.1. The molecule has 0 saturated carbocycles. The monoisotopic (exact) mass is 1010 g/mol. The molecule has 14 aromatic rings. The molecule has 0 fully saturated rings. The van der Waals surface area contributed by atoms with Gasteiger partial charge in [0.2, 0.25) is 0 Å². The van der Waals surface area contributed by atoms with Crippen molar-refractivity contribution in [1.82, 2.24) is 4.57 Å². The van der Waals surface area contributed by atoms with Crippen LogP contribution >= 0.6 is 0 Å². The van der Waals surface area contributed by atoms with E-state index in [0.29, 0.717) is 0 Å². The van der Waals surface area contributed by atoms with E-state index in [1.165, 1.54) is 122 Å². The second-order valence-corrected chi connectivity index (χ2v) is 21.8. The van der Waals surface area contributed by atoms with Crippen molar-refractivity contribution in [2.45, 2.75) is 10.8 Å². The van der Waals surface area contributed by atoms with E-state index >= 15 is 0 Å². The topological polar surface area (TPSA) is 8.17 Å². The molecule has 17 rings (SSSR count). The zero-order chi connectivity index (χ0) is 52.5. The molecule has 1 aliphatic heterocycles. The Morgan fingerprint density at radius 3 is 1.41 bits per heavy atom. The lowest BCUT2D eigenvalue weighted by Crippen LogP contribution is -2.33. The molecule has 13 aromatic carbocycles. The van der Waals surface area contributed by atoms with Gasteiger partial charge in [-0.05, 0) is 137 Å². The number of rotatable bonds is 7. The third kappa shape index (κ3) is 5.97. The van der Waals surface area contributed by atoms with Crippen LogP contribution in [0.4, 0.5) is 17.1 Å². The van der Waals surface area contributed by atoms with Gasteiger partial charge in [-0.3, -0.25) is 0 Å². The molecule has 2 heterocycles. The molecule has 80 heavy (non-hydrogen) atoms. The molecule has 1 atom stereocenters. The van der Waals surface area contributed by atoms with Gasteiger partial charge in [-0.2, -0.15) is 0 Å². The largest absolute Gasteiger partial charge is 0.310 e. The van der Waals surface area contributed by atoms with E-state index in [2.05, 4.69) is 313 Å². The summed E-state index contributed by atoms with van der Waals surface area (Å²) in [6, 6.07) is 114. The van der Waals surface area contributed by atoms with Crippen LogP contribution in [0.1, 0.15) is 44.5 Å². The first-order valence-corrected chi connectivity index (χ1v) is 27.9. The van der Waals surface area contributed by atoms with Crippen molar-refractivity contribution in [3.05, 3.63) is 348 Å². The van der Waals surface area contributed by atoms with E-state index in [9.17, 15) is 0 Å². The highest BCUT2D eigenvalue weighted by Crippen LogP contribution is 2.63. The van der Waals surface area contributed by atoms with E-state index < -0.39 is 10.8 Å². The maximum atomic E-state index is 2.57. The van der Waals surface area contributed by atoms with Gasteiger partial charge in [0, 0.05) is 27.7 Å². The lowest BCUT2D eigenvalue weighted by Gasteiger charge is -2.40. The summed E-state index contributed by atoms with van der Waals surface area (Å²) in [4.78, 5) is 2.57. The van der Waals surface area contributed by atoms with Crippen LogP contribution in [0.15, 0.2) is 303 Å². The van der Waals surface area contributed by atoms with Gasteiger partial charge in [-0.15, -0.1) is 0 Å². The van der Waals surface area contributed by atoms with Crippen molar-refractivity contribution in [1.29, 1.82) is 0 Å². The van der Waals surface area contributed by atoms with Gasteiger partial charge >= 0.3 is 0 Å². The van der Waals surface area contributed by atoms with Gasteiger partial charge in [0.05, 0.1) is 33.2 Å². The minimum absolute atomic E-state index is 0.594. The van der Waals surface area contributed by atoms with Crippen molar-refractivity contribution in [3.63, 3.8) is 0 Å². The summed E-state index contributed by atoms with van der Waals surface area (Å²) in [5.41, 5.74) is 25.7. The summed E-state index contributed by atoms with van der Waals surface area (Å²) in [5, 5.41) is 5.00. The molecule has 1 aromatic heterocycles. The number of anilines is 3. The molecule has 1 unspecified atom stereocenters. The molecule has 2 nitrogen and oxygen atoms in total. The van der Waals surface area contributed by atoms with Gasteiger partial charge in [-0.25, -0.2) is 0 Å². The predicted octanol–water partition coefficient (Wildman–Crippen LogP) is 19.8. The first-order valence-electron chi connectivity index (χ1n) is 27.9. The van der Waals surface area contributed by atoms with Crippen molar-refractivity contribution < 1.29 is 0 Å². The second-order valence-electron chi connectivity index (χ2n) is 21.8. The fourth-order valence-corrected chi connectivity index (χ4v) is 15.0. The van der Waals surface area contributed by atoms with E-state index in [-0.39, 0.29) is 0 Å². The van der Waals surface area contributed by atoms with E-state index in [4.69, 9.17) is 0 Å². The number of para-hydroxylation sites is 4.